The number of carbonyl (C=O) groups is 2. The van der Waals surface area contributed by atoms with E-state index >= 15 is 0 Å². The molecule has 0 aliphatic heterocycles. The van der Waals surface area contributed by atoms with Crippen LogP contribution in [0.4, 0.5) is 11.7 Å². The van der Waals surface area contributed by atoms with Gasteiger partial charge in [-0.15, -0.1) is 0 Å². The molecule has 1 aliphatic rings. The Morgan fingerprint density at radius 2 is 1.88 bits per heavy atom. The maximum absolute atomic E-state index is 12.8. The molecule has 34 heavy (non-hydrogen) atoms. The van der Waals surface area contributed by atoms with Crippen LogP contribution in [0.3, 0.4) is 0 Å². The molecule has 0 saturated heterocycles. The summed E-state index contributed by atoms with van der Waals surface area (Å²) < 4.78 is 6.98. The third kappa shape index (κ3) is 4.69. The Hall–Kier alpha value is -3.62. The van der Waals surface area contributed by atoms with Gasteiger partial charge in [0.2, 0.25) is 11.8 Å². The number of nitrogen functional groups attached to an aromatic ring is 1. The minimum atomic E-state index is -0.613. The molecule has 1 atom stereocenters. The van der Waals surface area contributed by atoms with Crippen LogP contribution in [0.5, 0.6) is 0 Å². The molecule has 2 amide bonds. The number of aromatic nitrogens is 3. The first-order valence-electron chi connectivity index (χ1n) is 11.4. The second-order valence-corrected chi connectivity index (χ2v) is 10.6. The molecular formula is C25H32N6O3. The van der Waals surface area contributed by atoms with Crippen molar-refractivity contribution in [2.24, 2.45) is 11.1 Å². The molecule has 4 rings (SSSR count). The van der Waals surface area contributed by atoms with Gasteiger partial charge in [0.25, 0.3) is 5.91 Å². The molecule has 0 spiro atoms. The summed E-state index contributed by atoms with van der Waals surface area (Å²) >= 11 is 0. The highest BCUT2D eigenvalue weighted by molar-refractivity contribution is 6.03. The van der Waals surface area contributed by atoms with Gasteiger partial charge < -0.3 is 16.0 Å². The number of carbonyl (C=O) groups excluding carboxylic acids is 2. The molecule has 0 radical (unpaired) electrons. The van der Waals surface area contributed by atoms with E-state index in [1.54, 1.807) is 10.7 Å². The van der Waals surface area contributed by atoms with E-state index in [1.165, 1.54) is 0 Å². The maximum atomic E-state index is 12.8. The number of hydrogen-bond donors (Lipinski definition) is 3. The third-order valence-electron chi connectivity index (χ3n) is 6.25. The molecule has 3 aromatic rings. The highest BCUT2D eigenvalue weighted by Gasteiger charge is 2.43. The van der Waals surface area contributed by atoms with Crippen LogP contribution in [0.25, 0.3) is 11.3 Å². The van der Waals surface area contributed by atoms with Crippen molar-refractivity contribution in [3.63, 3.8) is 0 Å². The number of nitrogens with one attached hydrogen (secondary N) is 1. The molecule has 1 aromatic carbocycles. The van der Waals surface area contributed by atoms with Gasteiger partial charge in [0, 0.05) is 11.6 Å². The Morgan fingerprint density at radius 3 is 2.44 bits per heavy atom. The first-order chi connectivity index (χ1) is 15.9. The summed E-state index contributed by atoms with van der Waals surface area (Å²) in [6.45, 7) is 10.2. The maximum Gasteiger partial charge on any atom is 0.254 e. The van der Waals surface area contributed by atoms with Crippen LogP contribution in [0.15, 0.2) is 34.9 Å². The predicted molar refractivity (Wildman–Crippen MR) is 130 cm³/mol. The second-order valence-electron chi connectivity index (χ2n) is 10.6. The summed E-state index contributed by atoms with van der Waals surface area (Å²) in [6.07, 6.45) is 2.64. The van der Waals surface area contributed by atoms with Crippen LogP contribution in [0.1, 0.15) is 75.0 Å². The smallest absolute Gasteiger partial charge is 0.254 e. The zero-order valence-electron chi connectivity index (χ0n) is 20.3. The van der Waals surface area contributed by atoms with Crippen molar-refractivity contribution in [3.05, 3.63) is 47.2 Å². The third-order valence-corrected chi connectivity index (χ3v) is 6.25. The van der Waals surface area contributed by atoms with E-state index in [0.29, 0.717) is 17.1 Å². The molecule has 1 fully saturated rings. The van der Waals surface area contributed by atoms with Crippen molar-refractivity contribution in [2.45, 2.75) is 65.3 Å². The second kappa shape index (κ2) is 8.30. The van der Waals surface area contributed by atoms with Gasteiger partial charge in [-0.1, -0.05) is 50.2 Å². The number of nitrogens with zero attached hydrogens (tertiary/aromatic N) is 3. The lowest BCUT2D eigenvalue weighted by Crippen LogP contribution is -2.19. The van der Waals surface area contributed by atoms with Gasteiger partial charge in [0.15, 0.2) is 0 Å². The summed E-state index contributed by atoms with van der Waals surface area (Å²) in [6, 6.07) is 9.07. The van der Waals surface area contributed by atoms with Gasteiger partial charge in [-0.3, -0.25) is 14.9 Å². The van der Waals surface area contributed by atoms with Crippen molar-refractivity contribution in [1.29, 1.82) is 0 Å². The predicted octanol–water partition coefficient (Wildman–Crippen LogP) is 4.06. The number of anilines is 2. The highest BCUT2D eigenvalue weighted by Crippen LogP contribution is 2.45. The van der Waals surface area contributed by atoms with Crippen LogP contribution in [0.2, 0.25) is 0 Å². The average molecular weight is 465 g/mol. The molecule has 2 aromatic heterocycles. The normalized spacial score (nSPS) is 15.7. The highest BCUT2D eigenvalue weighted by atomic mass is 16.5. The number of rotatable bonds is 7. The van der Waals surface area contributed by atoms with Crippen molar-refractivity contribution >= 4 is 23.5 Å². The van der Waals surface area contributed by atoms with Crippen LogP contribution in [-0.2, 0) is 16.8 Å². The Morgan fingerprint density at radius 1 is 1.24 bits per heavy atom. The molecule has 2 heterocycles. The van der Waals surface area contributed by atoms with Crippen LogP contribution >= 0.6 is 0 Å². The lowest BCUT2D eigenvalue weighted by atomic mass is 9.91. The molecular weight excluding hydrogens is 432 g/mol. The molecule has 1 unspecified atom stereocenters. The van der Waals surface area contributed by atoms with Crippen molar-refractivity contribution in [3.8, 4) is 11.3 Å². The summed E-state index contributed by atoms with van der Waals surface area (Å²) in [4.78, 5) is 24.9. The molecule has 9 heteroatoms. The van der Waals surface area contributed by atoms with E-state index in [-0.39, 0.29) is 28.2 Å². The topological polar surface area (TPSA) is 142 Å². The first kappa shape index (κ1) is 23.5. The SMILES string of the molecule is CC(C(=O)Nc1cc(CC(C)(C)C)no1)c1ccc(-c2nn(C3(C)CC3)c(N)c2C(N)=O)cc1. The summed E-state index contributed by atoms with van der Waals surface area (Å²) in [5.41, 5.74) is 14.7. The van der Waals surface area contributed by atoms with E-state index in [9.17, 15) is 9.59 Å². The molecule has 1 aliphatic carbocycles. The van der Waals surface area contributed by atoms with Crippen LogP contribution in [-0.4, -0.2) is 26.8 Å². The van der Waals surface area contributed by atoms with Crippen molar-refractivity contribution in [1.82, 2.24) is 14.9 Å². The van der Waals surface area contributed by atoms with Crippen molar-refractivity contribution in [2.75, 3.05) is 11.1 Å². The minimum Gasteiger partial charge on any atom is -0.383 e. The number of benzene rings is 1. The van der Waals surface area contributed by atoms with E-state index in [4.69, 9.17) is 16.0 Å². The summed E-state index contributed by atoms with van der Waals surface area (Å²) in [5.74, 6) is -0.642. The lowest BCUT2D eigenvalue weighted by molar-refractivity contribution is -0.117. The van der Waals surface area contributed by atoms with Gasteiger partial charge in [0.05, 0.1) is 17.2 Å². The average Bonchev–Trinajstić information content (AvgIpc) is 3.18. The molecule has 180 valence electrons. The molecule has 9 nitrogen and oxygen atoms in total. The molecule has 5 N–H and O–H groups in total. The largest absolute Gasteiger partial charge is 0.383 e. The Kier molecular flexibility index (Phi) is 5.75. The first-order valence-corrected chi connectivity index (χ1v) is 11.4. The van der Waals surface area contributed by atoms with Gasteiger partial charge in [-0.25, -0.2) is 4.68 Å². The summed E-state index contributed by atoms with van der Waals surface area (Å²) in [5, 5.41) is 11.4. The Balaban J connectivity index is 1.51. The van der Waals surface area contributed by atoms with Crippen LogP contribution in [0, 0.1) is 5.41 Å². The molecule has 1 saturated carbocycles. The van der Waals surface area contributed by atoms with E-state index in [2.05, 4.69) is 43.3 Å². The Bertz CT molecular complexity index is 1230. The van der Waals surface area contributed by atoms with Gasteiger partial charge >= 0.3 is 0 Å². The van der Waals surface area contributed by atoms with Gasteiger partial charge in [-0.2, -0.15) is 5.10 Å². The van der Waals surface area contributed by atoms with E-state index in [1.807, 2.05) is 31.2 Å². The standard InChI is InChI=1S/C25H32N6O3/c1-14(23(33)28-18-12-17(30-34-18)13-24(2,3)4)15-6-8-16(9-7-15)20-19(22(27)32)21(26)31(29-20)25(5)10-11-25/h6-9,12,14H,10-11,13,26H2,1-5H3,(H2,27,32)(H,28,33). The number of hydrogen-bond acceptors (Lipinski definition) is 6. The fraction of sp³-hybridized carbons (Fsp3) is 0.440. The zero-order chi connectivity index (χ0) is 24.8. The quantitative estimate of drug-likeness (QED) is 0.481. The Labute approximate surface area is 198 Å². The van der Waals surface area contributed by atoms with Gasteiger partial charge in [-0.05, 0) is 44.1 Å². The van der Waals surface area contributed by atoms with E-state index < -0.39 is 11.8 Å². The monoisotopic (exact) mass is 464 g/mol. The van der Waals surface area contributed by atoms with Gasteiger partial charge in [0.1, 0.15) is 17.1 Å². The number of amides is 2. The van der Waals surface area contributed by atoms with Crippen LogP contribution < -0.4 is 16.8 Å². The number of nitrogens with two attached hydrogens (primary N) is 2. The minimum absolute atomic E-state index is 0.0679. The zero-order valence-corrected chi connectivity index (χ0v) is 20.3. The number of primary amides is 1. The molecule has 0 bridgehead atoms. The summed E-state index contributed by atoms with van der Waals surface area (Å²) in [7, 11) is 0. The van der Waals surface area contributed by atoms with E-state index in [0.717, 1.165) is 30.5 Å². The van der Waals surface area contributed by atoms with Crippen molar-refractivity contribution < 1.29 is 14.1 Å². The fourth-order valence-electron chi connectivity index (χ4n) is 3.99. The lowest BCUT2D eigenvalue weighted by Gasteiger charge is -2.15. The fourth-order valence-corrected chi connectivity index (χ4v) is 3.99.